The molecule has 0 spiro atoms. The van der Waals surface area contributed by atoms with Crippen LogP contribution in [0.4, 0.5) is 11.6 Å². The van der Waals surface area contributed by atoms with Crippen molar-refractivity contribution in [3.05, 3.63) is 60.6 Å². The van der Waals surface area contributed by atoms with Gasteiger partial charge in [0.2, 0.25) is 5.91 Å². The monoisotopic (exact) mass is 334 g/mol. The highest BCUT2D eigenvalue weighted by Gasteiger charge is 2.09. The predicted octanol–water partition coefficient (Wildman–Crippen LogP) is 2.55. The Morgan fingerprint density at radius 3 is 2.48 bits per heavy atom. The van der Waals surface area contributed by atoms with Gasteiger partial charge in [-0.1, -0.05) is 19.1 Å². The lowest BCUT2D eigenvalue weighted by Gasteiger charge is -2.09. The summed E-state index contributed by atoms with van der Waals surface area (Å²) < 4.78 is 0. The van der Waals surface area contributed by atoms with E-state index in [0.29, 0.717) is 23.2 Å². The number of hydrogen-bond acceptors (Lipinski definition) is 6. The molecule has 3 aromatic heterocycles. The number of carbonyl (C=O) groups is 1. The second kappa shape index (κ2) is 7.96. The molecule has 0 atom stereocenters. The van der Waals surface area contributed by atoms with Crippen LogP contribution in [0.1, 0.15) is 12.6 Å². The van der Waals surface area contributed by atoms with Crippen molar-refractivity contribution in [1.29, 1.82) is 0 Å². The summed E-state index contributed by atoms with van der Waals surface area (Å²) in [5, 5.41) is 5.75. The molecule has 0 saturated heterocycles. The molecule has 0 radical (unpaired) electrons. The van der Waals surface area contributed by atoms with E-state index in [2.05, 4.69) is 30.6 Å². The summed E-state index contributed by atoms with van der Waals surface area (Å²) in [4.78, 5) is 29.3. The predicted molar refractivity (Wildman–Crippen MR) is 96.0 cm³/mol. The highest BCUT2D eigenvalue weighted by Crippen LogP contribution is 2.16. The van der Waals surface area contributed by atoms with Crippen molar-refractivity contribution in [1.82, 2.24) is 19.9 Å². The first kappa shape index (κ1) is 16.5. The number of nitrogens with zero attached hydrogens (tertiary/aromatic N) is 4. The molecule has 0 fully saturated rings. The molecule has 7 nitrogen and oxygen atoms in total. The van der Waals surface area contributed by atoms with E-state index in [9.17, 15) is 4.79 Å². The average molecular weight is 334 g/mol. The van der Waals surface area contributed by atoms with E-state index in [1.807, 2.05) is 37.3 Å². The lowest BCUT2D eigenvalue weighted by molar-refractivity contribution is -0.114. The van der Waals surface area contributed by atoms with Crippen LogP contribution in [0.5, 0.6) is 0 Å². The summed E-state index contributed by atoms with van der Waals surface area (Å²) in [7, 11) is 0. The van der Waals surface area contributed by atoms with Crippen LogP contribution >= 0.6 is 0 Å². The van der Waals surface area contributed by atoms with E-state index in [1.54, 1.807) is 24.5 Å². The third kappa shape index (κ3) is 4.57. The van der Waals surface area contributed by atoms with Crippen molar-refractivity contribution in [2.75, 3.05) is 17.2 Å². The fourth-order valence-electron chi connectivity index (χ4n) is 2.17. The van der Waals surface area contributed by atoms with E-state index in [-0.39, 0.29) is 12.5 Å². The summed E-state index contributed by atoms with van der Waals surface area (Å²) in [6.45, 7) is 2.10. The van der Waals surface area contributed by atoms with Gasteiger partial charge < -0.3 is 10.6 Å². The SMILES string of the molecule is CCc1cc(NCC(=O)Nc2ccccn2)nc(-c2ccccn2)n1. The fraction of sp³-hybridized carbons (Fsp3) is 0.167. The minimum Gasteiger partial charge on any atom is -0.361 e. The first-order valence-electron chi connectivity index (χ1n) is 7.98. The zero-order valence-corrected chi connectivity index (χ0v) is 13.8. The second-order valence-electron chi connectivity index (χ2n) is 5.25. The third-order valence-corrected chi connectivity index (χ3v) is 3.40. The molecule has 0 aliphatic rings. The van der Waals surface area contributed by atoms with Crippen molar-refractivity contribution in [2.45, 2.75) is 13.3 Å². The van der Waals surface area contributed by atoms with E-state index in [1.165, 1.54) is 0 Å². The molecule has 3 aromatic rings. The molecule has 0 aromatic carbocycles. The zero-order valence-electron chi connectivity index (χ0n) is 13.8. The number of nitrogens with one attached hydrogen (secondary N) is 2. The van der Waals surface area contributed by atoms with Gasteiger partial charge in [0, 0.05) is 24.2 Å². The number of aryl methyl sites for hydroxylation is 1. The zero-order chi connectivity index (χ0) is 17.5. The molecule has 0 unspecified atom stereocenters. The van der Waals surface area contributed by atoms with Crippen molar-refractivity contribution in [3.8, 4) is 11.5 Å². The van der Waals surface area contributed by atoms with E-state index < -0.39 is 0 Å². The van der Waals surface area contributed by atoms with E-state index in [0.717, 1.165) is 12.1 Å². The largest absolute Gasteiger partial charge is 0.361 e. The Morgan fingerprint density at radius 2 is 1.80 bits per heavy atom. The summed E-state index contributed by atoms with van der Waals surface area (Å²) in [5.41, 5.74) is 1.57. The van der Waals surface area contributed by atoms with Crippen LogP contribution in [0, 0.1) is 0 Å². The highest BCUT2D eigenvalue weighted by molar-refractivity contribution is 5.92. The van der Waals surface area contributed by atoms with Gasteiger partial charge in [0.15, 0.2) is 5.82 Å². The summed E-state index contributed by atoms with van der Waals surface area (Å²) in [5.74, 6) is 1.44. The van der Waals surface area contributed by atoms with Crippen LogP contribution in [0.2, 0.25) is 0 Å². The Balaban J connectivity index is 1.70. The first-order chi connectivity index (χ1) is 12.2. The Bertz CT molecular complexity index is 839. The molecule has 1 amide bonds. The Labute approximate surface area is 145 Å². The molecular formula is C18H18N6O. The van der Waals surface area contributed by atoms with Crippen molar-refractivity contribution >= 4 is 17.5 Å². The molecular weight excluding hydrogens is 316 g/mol. The molecule has 3 heterocycles. The topological polar surface area (TPSA) is 92.7 Å². The molecule has 7 heteroatoms. The van der Waals surface area contributed by atoms with Gasteiger partial charge in [-0.3, -0.25) is 9.78 Å². The summed E-state index contributed by atoms with van der Waals surface area (Å²) >= 11 is 0. The molecule has 0 bridgehead atoms. The number of carbonyl (C=O) groups excluding carboxylic acids is 1. The number of aromatic nitrogens is 4. The van der Waals surface area contributed by atoms with Gasteiger partial charge >= 0.3 is 0 Å². The summed E-state index contributed by atoms with van der Waals surface area (Å²) in [6, 6.07) is 12.8. The van der Waals surface area contributed by atoms with Crippen molar-refractivity contribution in [3.63, 3.8) is 0 Å². The van der Waals surface area contributed by atoms with Gasteiger partial charge in [0.05, 0.1) is 6.54 Å². The maximum absolute atomic E-state index is 12.0. The van der Waals surface area contributed by atoms with Gasteiger partial charge in [-0.05, 0) is 30.7 Å². The number of amides is 1. The average Bonchev–Trinajstić information content (AvgIpc) is 2.67. The maximum atomic E-state index is 12.0. The highest BCUT2D eigenvalue weighted by atomic mass is 16.2. The standard InChI is InChI=1S/C18H18N6O/c1-2-13-11-16(24-18(22-13)14-7-3-5-9-19-14)21-12-17(25)23-15-8-4-6-10-20-15/h3-11H,2,12H2,1H3,(H,20,23,25)(H,21,22,24). The second-order valence-corrected chi connectivity index (χ2v) is 5.25. The smallest absolute Gasteiger partial charge is 0.244 e. The van der Waals surface area contributed by atoms with E-state index in [4.69, 9.17) is 0 Å². The molecule has 0 aliphatic carbocycles. The van der Waals surface area contributed by atoms with Crippen molar-refractivity contribution < 1.29 is 4.79 Å². The summed E-state index contributed by atoms with van der Waals surface area (Å²) in [6.07, 6.45) is 4.09. The van der Waals surface area contributed by atoms with Crippen LogP contribution < -0.4 is 10.6 Å². The Kier molecular flexibility index (Phi) is 5.26. The lowest BCUT2D eigenvalue weighted by atomic mass is 10.3. The molecule has 0 saturated carbocycles. The lowest BCUT2D eigenvalue weighted by Crippen LogP contribution is -2.22. The van der Waals surface area contributed by atoms with Crippen LogP contribution in [0.25, 0.3) is 11.5 Å². The third-order valence-electron chi connectivity index (χ3n) is 3.40. The number of hydrogen-bond donors (Lipinski definition) is 2. The van der Waals surface area contributed by atoms with Crippen molar-refractivity contribution in [2.24, 2.45) is 0 Å². The minimum atomic E-state index is -0.199. The van der Waals surface area contributed by atoms with Crippen LogP contribution in [0.15, 0.2) is 54.9 Å². The Morgan fingerprint density at radius 1 is 1.00 bits per heavy atom. The molecule has 3 rings (SSSR count). The first-order valence-corrected chi connectivity index (χ1v) is 7.98. The van der Waals surface area contributed by atoms with Gasteiger partial charge in [-0.15, -0.1) is 0 Å². The van der Waals surface area contributed by atoms with Gasteiger partial charge in [-0.2, -0.15) is 0 Å². The van der Waals surface area contributed by atoms with Crippen LogP contribution in [0.3, 0.4) is 0 Å². The van der Waals surface area contributed by atoms with Gasteiger partial charge in [0.1, 0.15) is 17.3 Å². The molecule has 0 aliphatic heterocycles. The maximum Gasteiger partial charge on any atom is 0.244 e. The molecule has 126 valence electrons. The number of anilines is 2. The molecule has 25 heavy (non-hydrogen) atoms. The van der Waals surface area contributed by atoms with Gasteiger partial charge in [0.25, 0.3) is 0 Å². The van der Waals surface area contributed by atoms with Gasteiger partial charge in [-0.25, -0.2) is 15.0 Å². The van der Waals surface area contributed by atoms with Crippen LogP contribution in [-0.2, 0) is 11.2 Å². The quantitative estimate of drug-likeness (QED) is 0.720. The van der Waals surface area contributed by atoms with Crippen LogP contribution in [-0.4, -0.2) is 32.4 Å². The number of pyridine rings is 2. The van der Waals surface area contributed by atoms with E-state index >= 15 is 0 Å². The normalized spacial score (nSPS) is 10.3. The minimum absolute atomic E-state index is 0.0817. The molecule has 2 N–H and O–H groups in total. The Hall–Kier alpha value is -3.35. The fourth-order valence-corrected chi connectivity index (χ4v) is 2.17. The number of rotatable bonds is 6.